The summed E-state index contributed by atoms with van der Waals surface area (Å²) in [6.45, 7) is 6.06. The molecule has 0 amide bonds. The third-order valence-electron chi connectivity index (χ3n) is 5.18. The van der Waals surface area contributed by atoms with Crippen LogP contribution in [0.15, 0.2) is 49.1 Å². The van der Waals surface area contributed by atoms with Gasteiger partial charge in [-0.15, -0.1) is 0 Å². The van der Waals surface area contributed by atoms with Crippen LogP contribution < -0.4 is 9.47 Å². The highest BCUT2D eigenvalue weighted by molar-refractivity contribution is 5.95. The molecule has 148 valence electrons. The van der Waals surface area contributed by atoms with Crippen molar-refractivity contribution >= 4 is 22.7 Å². The highest BCUT2D eigenvalue weighted by atomic mass is 16.5. The van der Waals surface area contributed by atoms with Crippen molar-refractivity contribution in [1.29, 1.82) is 0 Å². The lowest BCUT2D eigenvalue weighted by Gasteiger charge is -2.28. The van der Waals surface area contributed by atoms with Crippen molar-refractivity contribution in [3.8, 4) is 11.5 Å². The lowest BCUT2D eigenvalue weighted by Crippen LogP contribution is -2.23. The first-order chi connectivity index (χ1) is 13.6. The monoisotopic (exact) mass is 382 g/mol. The molecule has 1 aliphatic carbocycles. The number of rotatable bonds is 7. The maximum Gasteiger partial charge on any atom is 0.335 e. The largest absolute Gasteiger partial charge is 0.493 e. The number of carbonyl (C=O) groups excluding carboxylic acids is 2. The fourth-order valence-corrected chi connectivity index (χ4v) is 3.62. The maximum absolute atomic E-state index is 11.6. The van der Waals surface area contributed by atoms with Gasteiger partial charge in [-0.05, 0) is 49.7 Å². The van der Waals surface area contributed by atoms with Gasteiger partial charge in [0, 0.05) is 23.8 Å². The van der Waals surface area contributed by atoms with E-state index in [-0.39, 0.29) is 5.97 Å². The van der Waals surface area contributed by atoms with Gasteiger partial charge in [0.25, 0.3) is 0 Å². The van der Waals surface area contributed by atoms with Gasteiger partial charge >= 0.3 is 11.9 Å². The Morgan fingerprint density at radius 2 is 1.54 bits per heavy atom. The summed E-state index contributed by atoms with van der Waals surface area (Å²) in [5.74, 6) is 1.55. The molecule has 5 heteroatoms. The quantitative estimate of drug-likeness (QED) is 0.395. The van der Waals surface area contributed by atoms with Crippen LogP contribution in [-0.4, -0.2) is 25.2 Å². The van der Waals surface area contributed by atoms with E-state index in [2.05, 4.69) is 6.58 Å². The highest BCUT2D eigenvalue weighted by Crippen LogP contribution is 2.34. The zero-order valence-corrected chi connectivity index (χ0v) is 16.2. The standard InChI is InChI=1S/C23H26O5/c1-3-23(25)28-22-9-5-6-19-20(22)7-4-8-21(19)27-15-18-12-10-17(11-13-18)14-26-16(2)24/h3-9,17-18H,1,10-15H2,2H3. The Morgan fingerprint density at radius 3 is 2.14 bits per heavy atom. The summed E-state index contributed by atoms with van der Waals surface area (Å²) >= 11 is 0. The van der Waals surface area contributed by atoms with Crippen LogP contribution in [0, 0.1) is 11.8 Å². The Morgan fingerprint density at radius 1 is 0.964 bits per heavy atom. The van der Waals surface area contributed by atoms with E-state index in [1.807, 2.05) is 30.3 Å². The lowest BCUT2D eigenvalue weighted by molar-refractivity contribution is -0.142. The Kier molecular flexibility index (Phi) is 6.69. The summed E-state index contributed by atoms with van der Waals surface area (Å²) in [5.41, 5.74) is 0. The Labute approximate surface area is 165 Å². The van der Waals surface area contributed by atoms with E-state index in [1.54, 1.807) is 6.07 Å². The van der Waals surface area contributed by atoms with Gasteiger partial charge in [0.05, 0.1) is 13.2 Å². The van der Waals surface area contributed by atoms with E-state index in [1.165, 1.54) is 6.92 Å². The van der Waals surface area contributed by atoms with Crippen molar-refractivity contribution in [3.05, 3.63) is 49.1 Å². The second-order valence-corrected chi connectivity index (χ2v) is 7.23. The van der Waals surface area contributed by atoms with E-state index in [0.29, 0.717) is 30.8 Å². The summed E-state index contributed by atoms with van der Waals surface area (Å²) in [7, 11) is 0. The average Bonchev–Trinajstić information content (AvgIpc) is 2.71. The number of hydrogen-bond donors (Lipinski definition) is 0. The minimum atomic E-state index is -0.482. The predicted molar refractivity (Wildman–Crippen MR) is 107 cm³/mol. The van der Waals surface area contributed by atoms with E-state index in [0.717, 1.165) is 48.3 Å². The van der Waals surface area contributed by atoms with Gasteiger partial charge in [-0.2, -0.15) is 0 Å². The lowest BCUT2D eigenvalue weighted by atomic mass is 9.83. The van der Waals surface area contributed by atoms with Crippen LogP contribution in [0.1, 0.15) is 32.6 Å². The van der Waals surface area contributed by atoms with Gasteiger partial charge in [-0.25, -0.2) is 4.79 Å². The average molecular weight is 382 g/mol. The molecule has 0 N–H and O–H groups in total. The third kappa shape index (κ3) is 5.12. The zero-order valence-electron chi connectivity index (χ0n) is 16.2. The fraction of sp³-hybridized carbons (Fsp3) is 0.391. The molecular weight excluding hydrogens is 356 g/mol. The topological polar surface area (TPSA) is 61.8 Å². The van der Waals surface area contributed by atoms with E-state index in [4.69, 9.17) is 14.2 Å². The van der Waals surface area contributed by atoms with Crippen LogP contribution in [0.3, 0.4) is 0 Å². The SMILES string of the molecule is C=CC(=O)Oc1cccc2c(OCC3CCC(COC(C)=O)CC3)cccc12. The zero-order chi connectivity index (χ0) is 19.9. The predicted octanol–water partition coefficient (Wildman–Crippen LogP) is 4.68. The molecule has 0 saturated heterocycles. The normalized spacial score (nSPS) is 19.0. The number of carbonyl (C=O) groups is 2. The molecule has 3 rings (SSSR count). The van der Waals surface area contributed by atoms with Crippen molar-refractivity contribution in [3.63, 3.8) is 0 Å². The minimum absolute atomic E-state index is 0.209. The molecule has 1 saturated carbocycles. The molecule has 0 bridgehead atoms. The maximum atomic E-state index is 11.6. The van der Waals surface area contributed by atoms with Gasteiger partial charge in [0.2, 0.25) is 0 Å². The Hall–Kier alpha value is -2.82. The van der Waals surface area contributed by atoms with Crippen molar-refractivity contribution in [2.75, 3.05) is 13.2 Å². The van der Waals surface area contributed by atoms with Gasteiger partial charge < -0.3 is 14.2 Å². The van der Waals surface area contributed by atoms with Crippen molar-refractivity contribution < 1.29 is 23.8 Å². The summed E-state index contributed by atoms with van der Waals surface area (Å²) in [6, 6.07) is 11.3. The molecule has 0 spiro atoms. The highest BCUT2D eigenvalue weighted by Gasteiger charge is 2.22. The van der Waals surface area contributed by atoms with E-state index < -0.39 is 5.97 Å². The number of ether oxygens (including phenoxy) is 3. The van der Waals surface area contributed by atoms with Gasteiger partial charge in [-0.1, -0.05) is 30.8 Å². The summed E-state index contributed by atoms with van der Waals surface area (Å²) in [4.78, 5) is 22.5. The molecule has 0 radical (unpaired) electrons. The Balaban J connectivity index is 1.61. The van der Waals surface area contributed by atoms with Crippen LogP contribution in [-0.2, 0) is 14.3 Å². The van der Waals surface area contributed by atoms with E-state index in [9.17, 15) is 9.59 Å². The summed E-state index contributed by atoms with van der Waals surface area (Å²) in [5, 5.41) is 1.75. The summed E-state index contributed by atoms with van der Waals surface area (Å²) < 4.78 is 16.6. The molecule has 2 aromatic carbocycles. The van der Waals surface area contributed by atoms with Crippen LogP contribution >= 0.6 is 0 Å². The molecule has 1 aliphatic rings. The molecule has 1 fully saturated rings. The van der Waals surface area contributed by atoms with Crippen molar-refractivity contribution in [2.45, 2.75) is 32.6 Å². The van der Waals surface area contributed by atoms with Gasteiger partial charge in [0.1, 0.15) is 11.5 Å². The molecule has 5 nitrogen and oxygen atoms in total. The molecule has 2 aromatic rings. The first kappa shape index (κ1) is 19.9. The van der Waals surface area contributed by atoms with Crippen molar-refractivity contribution in [1.82, 2.24) is 0 Å². The van der Waals surface area contributed by atoms with Crippen LogP contribution in [0.25, 0.3) is 10.8 Å². The molecule has 0 aromatic heterocycles. The van der Waals surface area contributed by atoms with Crippen LogP contribution in [0.2, 0.25) is 0 Å². The molecule has 28 heavy (non-hydrogen) atoms. The molecule has 0 heterocycles. The molecule has 0 unspecified atom stereocenters. The smallest absolute Gasteiger partial charge is 0.335 e. The van der Waals surface area contributed by atoms with Crippen molar-refractivity contribution in [2.24, 2.45) is 11.8 Å². The molecule has 0 aliphatic heterocycles. The van der Waals surface area contributed by atoms with Gasteiger partial charge in [0.15, 0.2) is 0 Å². The number of fused-ring (bicyclic) bond motifs is 1. The fourth-order valence-electron chi connectivity index (χ4n) is 3.62. The summed E-state index contributed by atoms with van der Waals surface area (Å²) in [6.07, 6.45) is 5.39. The number of esters is 2. The molecule has 0 atom stereocenters. The molecular formula is C23H26O5. The van der Waals surface area contributed by atoms with Crippen LogP contribution in [0.5, 0.6) is 11.5 Å². The first-order valence-electron chi connectivity index (χ1n) is 9.69. The Bertz CT molecular complexity index is 849. The minimum Gasteiger partial charge on any atom is -0.493 e. The van der Waals surface area contributed by atoms with Gasteiger partial charge in [-0.3, -0.25) is 4.79 Å². The van der Waals surface area contributed by atoms with E-state index >= 15 is 0 Å². The number of hydrogen-bond acceptors (Lipinski definition) is 5. The van der Waals surface area contributed by atoms with Crippen LogP contribution in [0.4, 0.5) is 0 Å². The number of benzene rings is 2. The second-order valence-electron chi connectivity index (χ2n) is 7.23. The second kappa shape index (κ2) is 9.40. The third-order valence-corrected chi connectivity index (χ3v) is 5.18. The first-order valence-corrected chi connectivity index (χ1v) is 9.69.